The summed E-state index contributed by atoms with van der Waals surface area (Å²) in [7, 11) is -3.78. The second-order valence-corrected chi connectivity index (χ2v) is 6.24. The molecule has 3 N–H and O–H groups in total. The quantitative estimate of drug-likeness (QED) is 0.715. The molecule has 2 aromatic carbocycles. The van der Waals surface area contributed by atoms with Crippen molar-refractivity contribution in [3.63, 3.8) is 0 Å². The standard InChI is InChI=1S/C14H11N3O4S/c15-22(20,21)10-5-6-11-12(7-10)17-13(16-11)8-1-3-9(4-2-8)14(18)19/h1-7H,(H,16,17)(H,18,19)(H2,15,20,21)/p-1. The zero-order chi connectivity index (χ0) is 15.9. The van der Waals surface area contributed by atoms with E-state index in [1.165, 1.54) is 24.3 Å². The molecule has 0 atom stereocenters. The van der Waals surface area contributed by atoms with E-state index in [9.17, 15) is 18.3 Å². The van der Waals surface area contributed by atoms with Gasteiger partial charge in [0.15, 0.2) is 0 Å². The highest BCUT2D eigenvalue weighted by Gasteiger charge is 2.11. The molecular weight excluding hydrogens is 306 g/mol. The zero-order valence-corrected chi connectivity index (χ0v) is 11.9. The lowest BCUT2D eigenvalue weighted by atomic mass is 10.1. The Hall–Kier alpha value is -2.71. The molecule has 1 aromatic heterocycles. The number of aromatic nitrogens is 2. The van der Waals surface area contributed by atoms with Crippen LogP contribution in [0, 0.1) is 0 Å². The molecule has 8 heteroatoms. The van der Waals surface area contributed by atoms with Crippen molar-refractivity contribution in [1.29, 1.82) is 0 Å². The predicted molar refractivity (Wildman–Crippen MR) is 77.2 cm³/mol. The maximum atomic E-state index is 11.3. The van der Waals surface area contributed by atoms with Crippen molar-refractivity contribution >= 4 is 27.0 Å². The number of sulfonamides is 1. The van der Waals surface area contributed by atoms with Gasteiger partial charge < -0.3 is 14.9 Å². The molecular formula is C14H10N3O4S-. The van der Waals surface area contributed by atoms with Gasteiger partial charge in [-0.2, -0.15) is 0 Å². The van der Waals surface area contributed by atoms with Gasteiger partial charge in [0.1, 0.15) is 5.82 Å². The van der Waals surface area contributed by atoms with Gasteiger partial charge in [-0.3, -0.25) is 0 Å². The molecule has 0 spiro atoms. The molecule has 112 valence electrons. The Morgan fingerprint density at radius 2 is 1.82 bits per heavy atom. The summed E-state index contributed by atoms with van der Waals surface area (Å²) in [5, 5.41) is 15.8. The number of imidazole rings is 1. The summed E-state index contributed by atoms with van der Waals surface area (Å²) in [4.78, 5) is 18.0. The van der Waals surface area contributed by atoms with Crippen LogP contribution < -0.4 is 10.2 Å². The maximum absolute atomic E-state index is 11.3. The fourth-order valence-electron chi connectivity index (χ4n) is 2.07. The maximum Gasteiger partial charge on any atom is 0.238 e. The Morgan fingerprint density at radius 1 is 1.14 bits per heavy atom. The van der Waals surface area contributed by atoms with Gasteiger partial charge in [-0.1, -0.05) is 24.3 Å². The largest absolute Gasteiger partial charge is 0.545 e. The first-order chi connectivity index (χ1) is 10.3. The average molecular weight is 316 g/mol. The molecule has 0 fully saturated rings. The molecule has 0 amide bonds. The van der Waals surface area contributed by atoms with Crippen LogP contribution in [-0.2, 0) is 10.0 Å². The molecule has 3 aromatic rings. The van der Waals surface area contributed by atoms with Crippen LogP contribution in [0.25, 0.3) is 22.4 Å². The van der Waals surface area contributed by atoms with Crippen molar-refractivity contribution < 1.29 is 18.3 Å². The summed E-state index contributed by atoms with van der Waals surface area (Å²) in [6, 6.07) is 10.3. The minimum absolute atomic E-state index is 0.0116. The van der Waals surface area contributed by atoms with E-state index >= 15 is 0 Å². The van der Waals surface area contributed by atoms with Crippen LogP contribution in [0.15, 0.2) is 47.4 Å². The van der Waals surface area contributed by atoms with Crippen LogP contribution in [0.3, 0.4) is 0 Å². The number of nitrogens with one attached hydrogen (secondary N) is 1. The molecule has 0 saturated heterocycles. The van der Waals surface area contributed by atoms with E-state index in [1.54, 1.807) is 18.2 Å². The third-order valence-corrected chi connectivity index (χ3v) is 4.09. The number of carbonyl (C=O) groups excluding carboxylic acids is 1. The molecule has 0 aliphatic carbocycles. The molecule has 0 aliphatic heterocycles. The van der Waals surface area contributed by atoms with Crippen LogP contribution in [-0.4, -0.2) is 24.4 Å². The van der Waals surface area contributed by atoms with E-state index in [2.05, 4.69) is 9.97 Å². The van der Waals surface area contributed by atoms with Crippen LogP contribution in [0.2, 0.25) is 0 Å². The molecule has 0 bridgehead atoms. The fraction of sp³-hybridized carbons (Fsp3) is 0. The SMILES string of the molecule is NS(=O)(=O)c1ccc2nc(-c3ccc(C(=O)[O-])cc3)[nH]c2c1. The third kappa shape index (κ3) is 2.57. The van der Waals surface area contributed by atoms with E-state index < -0.39 is 16.0 Å². The lowest BCUT2D eigenvalue weighted by molar-refractivity contribution is -0.255. The molecule has 1 heterocycles. The Morgan fingerprint density at radius 3 is 2.41 bits per heavy atom. The molecule has 0 radical (unpaired) electrons. The van der Waals surface area contributed by atoms with Gasteiger partial charge in [-0.25, -0.2) is 18.5 Å². The second-order valence-electron chi connectivity index (χ2n) is 4.67. The Balaban J connectivity index is 2.06. The van der Waals surface area contributed by atoms with Gasteiger partial charge in [0, 0.05) is 5.56 Å². The number of primary sulfonamides is 1. The van der Waals surface area contributed by atoms with E-state index in [-0.39, 0.29) is 10.5 Å². The molecule has 3 rings (SSSR count). The molecule has 0 unspecified atom stereocenters. The minimum atomic E-state index is -3.78. The summed E-state index contributed by atoms with van der Waals surface area (Å²) >= 11 is 0. The van der Waals surface area contributed by atoms with Gasteiger partial charge in [0.05, 0.1) is 21.9 Å². The van der Waals surface area contributed by atoms with Crippen LogP contribution >= 0.6 is 0 Å². The summed E-state index contributed by atoms with van der Waals surface area (Å²) in [5.41, 5.74) is 1.83. The van der Waals surface area contributed by atoms with Crippen molar-refractivity contribution in [2.45, 2.75) is 4.90 Å². The normalized spacial score (nSPS) is 11.7. The predicted octanol–water partition coefficient (Wildman–Crippen LogP) is 0.241. The summed E-state index contributed by atoms with van der Waals surface area (Å²) in [6.07, 6.45) is 0. The monoisotopic (exact) mass is 316 g/mol. The Labute approximate surface area is 125 Å². The molecule has 0 aliphatic rings. The third-order valence-electron chi connectivity index (χ3n) is 3.18. The van der Waals surface area contributed by atoms with Gasteiger partial charge in [0.25, 0.3) is 0 Å². The number of H-pyrrole nitrogens is 1. The number of benzene rings is 2. The molecule has 22 heavy (non-hydrogen) atoms. The minimum Gasteiger partial charge on any atom is -0.545 e. The number of carbonyl (C=O) groups is 1. The number of aromatic amines is 1. The lowest BCUT2D eigenvalue weighted by Crippen LogP contribution is -2.21. The van der Waals surface area contributed by atoms with Crippen molar-refractivity contribution in [2.24, 2.45) is 5.14 Å². The number of nitrogens with two attached hydrogens (primary N) is 1. The number of fused-ring (bicyclic) bond motifs is 1. The van der Waals surface area contributed by atoms with E-state index in [4.69, 9.17) is 5.14 Å². The fourth-order valence-corrected chi connectivity index (χ4v) is 2.61. The number of carboxylic acid groups (broad SMARTS) is 1. The average Bonchev–Trinajstić information content (AvgIpc) is 2.89. The first-order valence-electron chi connectivity index (χ1n) is 6.19. The van der Waals surface area contributed by atoms with Crippen LogP contribution in [0.1, 0.15) is 10.4 Å². The first-order valence-corrected chi connectivity index (χ1v) is 7.73. The van der Waals surface area contributed by atoms with Gasteiger partial charge >= 0.3 is 0 Å². The van der Waals surface area contributed by atoms with Crippen LogP contribution in [0.4, 0.5) is 0 Å². The molecule has 7 nitrogen and oxygen atoms in total. The highest BCUT2D eigenvalue weighted by Crippen LogP contribution is 2.22. The molecule has 0 saturated carbocycles. The highest BCUT2D eigenvalue weighted by atomic mass is 32.2. The number of hydrogen-bond acceptors (Lipinski definition) is 5. The lowest BCUT2D eigenvalue weighted by Gasteiger charge is -2.02. The summed E-state index contributed by atoms with van der Waals surface area (Å²) in [5.74, 6) is -0.764. The Kier molecular flexibility index (Phi) is 3.19. The first kappa shape index (κ1) is 14.2. The van der Waals surface area contributed by atoms with Gasteiger partial charge in [0.2, 0.25) is 10.0 Å². The number of aromatic carboxylic acids is 1. The van der Waals surface area contributed by atoms with Crippen molar-refractivity contribution in [1.82, 2.24) is 9.97 Å². The number of nitrogens with zero attached hydrogens (tertiary/aromatic N) is 1. The number of rotatable bonds is 3. The van der Waals surface area contributed by atoms with Crippen LogP contribution in [0.5, 0.6) is 0 Å². The number of hydrogen-bond donors (Lipinski definition) is 2. The van der Waals surface area contributed by atoms with E-state index in [0.29, 0.717) is 22.4 Å². The zero-order valence-electron chi connectivity index (χ0n) is 11.1. The van der Waals surface area contributed by atoms with Gasteiger partial charge in [-0.05, 0) is 23.8 Å². The highest BCUT2D eigenvalue weighted by molar-refractivity contribution is 7.89. The summed E-state index contributed by atoms with van der Waals surface area (Å²) < 4.78 is 22.7. The summed E-state index contributed by atoms with van der Waals surface area (Å²) in [6.45, 7) is 0. The second kappa shape index (κ2) is 4.93. The van der Waals surface area contributed by atoms with Crippen molar-refractivity contribution in [2.75, 3.05) is 0 Å². The smallest absolute Gasteiger partial charge is 0.238 e. The van der Waals surface area contributed by atoms with Gasteiger partial charge in [-0.15, -0.1) is 0 Å². The van der Waals surface area contributed by atoms with E-state index in [1.807, 2.05) is 0 Å². The number of carboxylic acids is 1. The van der Waals surface area contributed by atoms with E-state index in [0.717, 1.165) is 0 Å². The Bertz CT molecular complexity index is 975. The van der Waals surface area contributed by atoms with Crippen molar-refractivity contribution in [3.05, 3.63) is 48.0 Å². The topological polar surface area (TPSA) is 129 Å². The van der Waals surface area contributed by atoms with Crippen molar-refractivity contribution in [3.8, 4) is 11.4 Å².